The number of ether oxygens (including phenoxy) is 1. The van der Waals surface area contributed by atoms with Gasteiger partial charge in [0.2, 0.25) is 5.89 Å². The molecule has 0 aliphatic carbocycles. The van der Waals surface area contributed by atoms with Gasteiger partial charge in [-0.25, -0.2) is 0 Å². The number of rotatable bonds is 7. The Bertz CT molecular complexity index is 367. The molecule has 0 atom stereocenters. The fourth-order valence-corrected chi connectivity index (χ4v) is 2.79. The van der Waals surface area contributed by atoms with E-state index in [1.54, 1.807) is 0 Å². The zero-order chi connectivity index (χ0) is 13.6. The maximum Gasteiger partial charge on any atom is 0.233 e. The number of nitrogens with zero attached hydrogens (tertiary/aromatic N) is 2. The molecule has 0 unspecified atom stereocenters. The van der Waals surface area contributed by atoms with Crippen LogP contribution in [0.2, 0.25) is 0 Å². The van der Waals surface area contributed by atoms with Gasteiger partial charge in [0, 0.05) is 6.61 Å². The topological polar surface area (TPSA) is 60.2 Å². The van der Waals surface area contributed by atoms with Crippen molar-refractivity contribution in [1.29, 1.82) is 0 Å². The fraction of sp³-hybridized carbons (Fsp3) is 0.857. The van der Waals surface area contributed by atoms with Gasteiger partial charge in [0.05, 0.1) is 5.41 Å². The molecule has 19 heavy (non-hydrogen) atoms. The van der Waals surface area contributed by atoms with E-state index in [2.05, 4.69) is 29.3 Å². The van der Waals surface area contributed by atoms with Gasteiger partial charge in [-0.3, -0.25) is 0 Å². The maximum absolute atomic E-state index is 5.52. The van der Waals surface area contributed by atoms with Crippen molar-refractivity contribution in [3.05, 3.63) is 11.7 Å². The first-order valence-corrected chi connectivity index (χ1v) is 7.42. The van der Waals surface area contributed by atoms with Gasteiger partial charge in [0.1, 0.15) is 6.61 Å². The van der Waals surface area contributed by atoms with E-state index in [9.17, 15) is 0 Å². The molecule has 2 rings (SSSR count). The summed E-state index contributed by atoms with van der Waals surface area (Å²) in [7, 11) is 0. The van der Waals surface area contributed by atoms with Crippen LogP contribution in [-0.4, -0.2) is 29.8 Å². The Hall–Kier alpha value is -0.940. The summed E-state index contributed by atoms with van der Waals surface area (Å²) in [6.07, 6.45) is 5.43. The molecule has 1 aliphatic rings. The molecule has 1 aromatic heterocycles. The van der Waals surface area contributed by atoms with Gasteiger partial charge in [-0.1, -0.05) is 25.4 Å². The Morgan fingerprint density at radius 2 is 2.05 bits per heavy atom. The van der Waals surface area contributed by atoms with Crippen LogP contribution in [0, 0.1) is 0 Å². The lowest BCUT2D eigenvalue weighted by atomic mass is 9.75. The molecule has 1 N–H and O–H groups in total. The third kappa shape index (κ3) is 3.54. The fourth-order valence-electron chi connectivity index (χ4n) is 2.79. The largest absolute Gasteiger partial charge is 0.373 e. The Morgan fingerprint density at radius 3 is 2.74 bits per heavy atom. The summed E-state index contributed by atoms with van der Waals surface area (Å²) in [6, 6.07) is 0. The van der Waals surface area contributed by atoms with Crippen LogP contribution < -0.4 is 5.32 Å². The lowest BCUT2D eigenvalue weighted by Crippen LogP contribution is -2.40. The minimum atomic E-state index is 0.0794. The molecule has 0 amide bonds. The monoisotopic (exact) mass is 267 g/mol. The summed E-state index contributed by atoms with van der Waals surface area (Å²) in [5.41, 5.74) is 0.0794. The van der Waals surface area contributed by atoms with E-state index < -0.39 is 0 Å². The second-order valence-corrected chi connectivity index (χ2v) is 5.35. The molecule has 0 spiro atoms. The summed E-state index contributed by atoms with van der Waals surface area (Å²) in [4.78, 5) is 4.57. The van der Waals surface area contributed by atoms with Crippen molar-refractivity contribution in [2.24, 2.45) is 0 Å². The number of nitrogens with one attached hydrogen (secondary N) is 1. The van der Waals surface area contributed by atoms with Crippen molar-refractivity contribution in [3.8, 4) is 0 Å². The highest BCUT2D eigenvalue weighted by Gasteiger charge is 2.38. The highest BCUT2D eigenvalue weighted by Crippen LogP contribution is 2.36. The SMILES string of the molecule is CCCOCc1noc(C2(CCC)CCNCC2)n1. The standard InChI is InChI=1S/C14H25N3O2/c1-3-5-14(6-8-15-9-7-14)13-16-12(17-19-13)11-18-10-4-2/h15H,3-11H2,1-2H3. The molecule has 1 aromatic rings. The van der Waals surface area contributed by atoms with Crippen molar-refractivity contribution in [1.82, 2.24) is 15.5 Å². The first kappa shape index (κ1) is 14.5. The molecule has 2 heterocycles. The summed E-state index contributed by atoms with van der Waals surface area (Å²) >= 11 is 0. The summed E-state index contributed by atoms with van der Waals surface area (Å²) < 4.78 is 11.0. The lowest BCUT2D eigenvalue weighted by Gasteiger charge is -2.34. The second-order valence-electron chi connectivity index (χ2n) is 5.35. The summed E-state index contributed by atoms with van der Waals surface area (Å²) in [5.74, 6) is 1.49. The van der Waals surface area contributed by atoms with Crippen LogP contribution >= 0.6 is 0 Å². The van der Waals surface area contributed by atoms with Crippen LogP contribution in [0.3, 0.4) is 0 Å². The quantitative estimate of drug-likeness (QED) is 0.769. The number of aromatic nitrogens is 2. The predicted molar refractivity (Wildman–Crippen MR) is 72.9 cm³/mol. The van der Waals surface area contributed by atoms with E-state index in [4.69, 9.17) is 9.26 Å². The minimum Gasteiger partial charge on any atom is -0.373 e. The zero-order valence-corrected chi connectivity index (χ0v) is 12.1. The second kappa shape index (κ2) is 7.01. The Balaban J connectivity index is 2.04. The predicted octanol–water partition coefficient (Wildman–Crippen LogP) is 2.42. The average molecular weight is 267 g/mol. The zero-order valence-electron chi connectivity index (χ0n) is 12.1. The van der Waals surface area contributed by atoms with Gasteiger partial charge >= 0.3 is 0 Å². The van der Waals surface area contributed by atoms with Crippen molar-refractivity contribution in [3.63, 3.8) is 0 Å². The van der Waals surface area contributed by atoms with Crippen LogP contribution in [0.15, 0.2) is 4.52 Å². The van der Waals surface area contributed by atoms with Crippen LogP contribution in [0.1, 0.15) is 57.7 Å². The maximum atomic E-state index is 5.52. The van der Waals surface area contributed by atoms with Gasteiger partial charge in [-0.2, -0.15) is 4.98 Å². The van der Waals surface area contributed by atoms with E-state index in [1.807, 2.05) is 0 Å². The van der Waals surface area contributed by atoms with Crippen LogP contribution in [0.4, 0.5) is 0 Å². The van der Waals surface area contributed by atoms with E-state index in [1.165, 1.54) is 0 Å². The molecular formula is C14H25N3O2. The van der Waals surface area contributed by atoms with Crippen LogP contribution in [-0.2, 0) is 16.8 Å². The smallest absolute Gasteiger partial charge is 0.233 e. The molecule has 0 saturated carbocycles. The van der Waals surface area contributed by atoms with Crippen molar-refractivity contribution in [2.45, 2.75) is 58.0 Å². The number of hydrogen-bond acceptors (Lipinski definition) is 5. The summed E-state index contributed by atoms with van der Waals surface area (Å²) in [5, 5.41) is 7.46. The van der Waals surface area contributed by atoms with Gasteiger partial charge in [-0.15, -0.1) is 0 Å². The first-order valence-electron chi connectivity index (χ1n) is 7.42. The summed E-state index contributed by atoms with van der Waals surface area (Å²) in [6.45, 7) is 7.57. The third-order valence-electron chi connectivity index (χ3n) is 3.79. The van der Waals surface area contributed by atoms with E-state index in [0.717, 1.165) is 57.7 Å². The number of hydrogen-bond donors (Lipinski definition) is 1. The Morgan fingerprint density at radius 1 is 1.26 bits per heavy atom. The number of piperidine rings is 1. The molecule has 108 valence electrons. The van der Waals surface area contributed by atoms with E-state index in [-0.39, 0.29) is 5.41 Å². The first-order chi connectivity index (χ1) is 9.30. The minimum absolute atomic E-state index is 0.0794. The molecular weight excluding hydrogens is 242 g/mol. The Kier molecular flexibility index (Phi) is 5.34. The van der Waals surface area contributed by atoms with E-state index in [0.29, 0.717) is 12.4 Å². The molecule has 1 fully saturated rings. The highest BCUT2D eigenvalue weighted by atomic mass is 16.5. The van der Waals surface area contributed by atoms with Gasteiger partial charge in [0.25, 0.3) is 0 Å². The molecule has 0 radical (unpaired) electrons. The van der Waals surface area contributed by atoms with Gasteiger partial charge < -0.3 is 14.6 Å². The molecule has 0 bridgehead atoms. The van der Waals surface area contributed by atoms with Crippen molar-refractivity contribution in [2.75, 3.05) is 19.7 Å². The molecule has 0 aromatic carbocycles. The van der Waals surface area contributed by atoms with Gasteiger partial charge in [0.15, 0.2) is 5.82 Å². The molecule has 1 aliphatic heterocycles. The molecule has 5 heteroatoms. The van der Waals surface area contributed by atoms with Crippen LogP contribution in [0.5, 0.6) is 0 Å². The third-order valence-corrected chi connectivity index (χ3v) is 3.79. The van der Waals surface area contributed by atoms with Gasteiger partial charge in [-0.05, 0) is 38.8 Å². The average Bonchev–Trinajstić information content (AvgIpc) is 2.90. The van der Waals surface area contributed by atoms with Crippen LogP contribution in [0.25, 0.3) is 0 Å². The molecule has 5 nitrogen and oxygen atoms in total. The lowest BCUT2D eigenvalue weighted by molar-refractivity contribution is 0.114. The van der Waals surface area contributed by atoms with Crippen molar-refractivity contribution < 1.29 is 9.26 Å². The van der Waals surface area contributed by atoms with Crippen molar-refractivity contribution >= 4 is 0 Å². The normalized spacial score (nSPS) is 18.6. The van der Waals surface area contributed by atoms with E-state index >= 15 is 0 Å². The molecule has 1 saturated heterocycles. The Labute approximate surface area is 115 Å². The highest BCUT2D eigenvalue weighted by molar-refractivity contribution is 5.07.